The van der Waals surface area contributed by atoms with Gasteiger partial charge in [0.15, 0.2) is 0 Å². The molecular formula is C17H16Cl2N2O. The Kier molecular flexibility index (Phi) is 5.58. The number of amides is 1. The van der Waals surface area contributed by atoms with Crippen molar-refractivity contribution in [3.63, 3.8) is 0 Å². The van der Waals surface area contributed by atoms with Gasteiger partial charge >= 0.3 is 0 Å². The lowest BCUT2D eigenvalue weighted by molar-refractivity contribution is 0.0955. The highest BCUT2D eigenvalue weighted by Crippen LogP contribution is 2.22. The number of benzene rings is 2. The Morgan fingerprint density at radius 1 is 1.05 bits per heavy atom. The number of hydrogen-bond acceptors (Lipinski definition) is 2. The maximum Gasteiger partial charge on any atom is 0.271 e. The van der Waals surface area contributed by atoms with Crippen molar-refractivity contribution in [2.75, 3.05) is 0 Å². The van der Waals surface area contributed by atoms with E-state index in [2.05, 4.69) is 29.6 Å². The number of nitrogens with one attached hydrogen (secondary N) is 1. The van der Waals surface area contributed by atoms with Crippen LogP contribution in [0.1, 0.15) is 35.3 Å². The van der Waals surface area contributed by atoms with Crippen LogP contribution in [0.5, 0.6) is 0 Å². The van der Waals surface area contributed by atoms with Crippen LogP contribution in [0.15, 0.2) is 47.6 Å². The number of halogens is 2. The average molecular weight is 335 g/mol. The molecular weight excluding hydrogens is 319 g/mol. The summed E-state index contributed by atoms with van der Waals surface area (Å²) in [7, 11) is 0. The molecule has 0 aliphatic rings. The highest BCUT2D eigenvalue weighted by Gasteiger charge is 2.07. The lowest BCUT2D eigenvalue weighted by atomic mass is 10.1. The third kappa shape index (κ3) is 4.09. The molecule has 0 aromatic heterocycles. The maximum atomic E-state index is 12.0. The van der Waals surface area contributed by atoms with E-state index in [1.807, 2.05) is 19.1 Å². The summed E-state index contributed by atoms with van der Waals surface area (Å²) in [6.07, 6.45) is 0.991. The van der Waals surface area contributed by atoms with Gasteiger partial charge in [0.25, 0.3) is 5.91 Å². The Morgan fingerprint density at radius 2 is 1.68 bits per heavy atom. The van der Waals surface area contributed by atoms with Crippen LogP contribution < -0.4 is 5.43 Å². The first-order chi connectivity index (χ1) is 10.5. The Hall–Kier alpha value is -1.84. The van der Waals surface area contributed by atoms with E-state index in [4.69, 9.17) is 23.2 Å². The molecule has 22 heavy (non-hydrogen) atoms. The van der Waals surface area contributed by atoms with Crippen LogP contribution in [0.2, 0.25) is 10.0 Å². The summed E-state index contributed by atoms with van der Waals surface area (Å²) in [5.41, 5.74) is 5.89. The van der Waals surface area contributed by atoms with Gasteiger partial charge in [-0.2, -0.15) is 5.10 Å². The Labute approximate surface area is 139 Å². The lowest BCUT2D eigenvalue weighted by Gasteiger charge is -2.05. The van der Waals surface area contributed by atoms with Gasteiger partial charge in [-0.05, 0) is 42.7 Å². The van der Waals surface area contributed by atoms with Crippen LogP contribution in [0.4, 0.5) is 0 Å². The van der Waals surface area contributed by atoms with Crippen molar-refractivity contribution in [1.82, 2.24) is 5.43 Å². The summed E-state index contributed by atoms with van der Waals surface area (Å²) in [5, 5.41) is 4.87. The molecule has 0 unspecified atom stereocenters. The monoisotopic (exact) mass is 334 g/mol. The topological polar surface area (TPSA) is 41.5 Å². The Morgan fingerprint density at radius 3 is 2.27 bits per heavy atom. The smallest absolute Gasteiger partial charge is 0.267 e. The van der Waals surface area contributed by atoms with Gasteiger partial charge in [-0.15, -0.1) is 0 Å². The number of rotatable bonds is 4. The number of aryl methyl sites for hydroxylation is 1. The van der Waals surface area contributed by atoms with Gasteiger partial charge in [0.1, 0.15) is 0 Å². The van der Waals surface area contributed by atoms with Crippen LogP contribution in [0, 0.1) is 0 Å². The Bertz CT molecular complexity index is 709. The summed E-state index contributed by atoms with van der Waals surface area (Å²) < 4.78 is 0. The van der Waals surface area contributed by atoms with Crippen molar-refractivity contribution in [1.29, 1.82) is 0 Å². The van der Waals surface area contributed by atoms with Crippen molar-refractivity contribution in [3.8, 4) is 0 Å². The molecule has 0 saturated carbocycles. The van der Waals surface area contributed by atoms with E-state index < -0.39 is 0 Å². The summed E-state index contributed by atoms with van der Waals surface area (Å²) >= 11 is 11.7. The molecule has 114 valence electrons. The molecule has 0 aliphatic carbocycles. The first-order valence-corrected chi connectivity index (χ1v) is 7.66. The summed E-state index contributed by atoms with van der Waals surface area (Å²) in [5.74, 6) is -0.330. The van der Waals surface area contributed by atoms with Crippen LogP contribution in [-0.4, -0.2) is 11.6 Å². The second-order valence-electron chi connectivity index (χ2n) is 4.82. The lowest BCUT2D eigenvalue weighted by Crippen LogP contribution is -2.19. The first-order valence-electron chi connectivity index (χ1n) is 6.90. The fourth-order valence-corrected chi connectivity index (χ4v) is 2.18. The van der Waals surface area contributed by atoms with E-state index in [9.17, 15) is 4.79 Å². The highest BCUT2D eigenvalue weighted by molar-refractivity contribution is 6.42. The predicted molar refractivity (Wildman–Crippen MR) is 92.0 cm³/mol. The highest BCUT2D eigenvalue weighted by atomic mass is 35.5. The van der Waals surface area contributed by atoms with Gasteiger partial charge in [-0.3, -0.25) is 4.79 Å². The molecule has 2 rings (SSSR count). The second kappa shape index (κ2) is 7.43. The fourth-order valence-electron chi connectivity index (χ4n) is 1.88. The summed E-state index contributed by atoms with van der Waals surface area (Å²) in [6, 6.07) is 12.8. The van der Waals surface area contributed by atoms with Crippen molar-refractivity contribution >= 4 is 34.8 Å². The zero-order valence-corrected chi connectivity index (χ0v) is 13.9. The molecule has 0 spiro atoms. The predicted octanol–water partition coefficient (Wildman–Crippen LogP) is 4.71. The van der Waals surface area contributed by atoms with Crippen molar-refractivity contribution in [2.24, 2.45) is 5.10 Å². The second-order valence-corrected chi connectivity index (χ2v) is 5.63. The van der Waals surface area contributed by atoms with Gasteiger partial charge < -0.3 is 0 Å². The quantitative estimate of drug-likeness (QED) is 0.638. The van der Waals surface area contributed by atoms with E-state index in [-0.39, 0.29) is 5.91 Å². The largest absolute Gasteiger partial charge is 0.271 e. The zero-order chi connectivity index (χ0) is 16.1. The van der Waals surface area contributed by atoms with Crippen LogP contribution in [0.3, 0.4) is 0 Å². The number of hydrogen-bond donors (Lipinski definition) is 1. The number of nitrogens with zero attached hydrogens (tertiary/aromatic N) is 1. The van der Waals surface area contributed by atoms with Crippen LogP contribution >= 0.6 is 23.2 Å². The minimum Gasteiger partial charge on any atom is -0.267 e. The normalized spacial score (nSPS) is 11.4. The summed E-state index contributed by atoms with van der Waals surface area (Å²) in [4.78, 5) is 12.0. The van der Waals surface area contributed by atoms with Crippen molar-refractivity contribution < 1.29 is 4.79 Å². The van der Waals surface area contributed by atoms with E-state index >= 15 is 0 Å². The molecule has 2 aromatic rings. The number of carbonyl (C=O) groups is 1. The molecule has 0 saturated heterocycles. The van der Waals surface area contributed by atoms with Crippen molar-refractivity contribution in [2.45, 2.75) is 20.3 Å². The molecule has 3 nitrogen and oxygen atoms in total. The fraction of sp³-hybridized carbons (Fsp3) is 0.176. The molecule has 0 atom stereocenters. The van der Waals surface area contributed by atoms with Gasteiger partial charge in [0.05, 0.1) is 15.8 Å². The van der Waals surface area contributed by atoms with E-state index in [0.29, 0.717) is 15.6 Å². The van der Waals surface area contributed by atoms with Gasteiger partial charge in [0, 0.05) is 5.56 Å². The first kappa shape index (κ1) is 16.5. The standard InChI is InChI=1S/C17H16Cl2N2O/c1-3-12-4-6-13(7-5-12)11(2)20-21-17(22)14-8-9-15(18)16(19)10-14/h4-10H,3H2,1-2H3,(H,21,22)/b20-11+. The molecule has 1 amide bonds. The van der Waals surface area contributed by atoms with Gasteiger partial charge in [-0.25, -0.2) is 5.43 Å². The molecule has 0 fully saturated rings. The third-order valence-corrected chi connectivity index (χ3v) is 4.03. The molecule has 5 heteroatoms. The molecule has 1 N–H and O–H groups in total. The van der Waals surface area contributed by atoms with Gasteiger partial charge in [-0.1, -0.05) is 54.4 Å². The molecule has 0 heterocycles. The molecule has 0 aliphatic heterocycles. The third-order valence-electron chi connectivity index (χ3n) is 3.29. The van der Waals surface area contributed by atoms with Gasteiger partial charge in [0.2, 0.25) is 0 Å². The molecule has 0 bridgehead atoms. The van der Waals surface area contributed by atoms with E-state index in [0.717, 1.165) is 17.7 Å². The maximum absolute atomic E-state index is 12.0. The minimum absolute atomic E-state index is 0.330. The average Bonchev–Trinajstić information content (AvgIpc) is 2.54. The molecule has 2 aromatic carbocycles. The van der Waals surface area contributed by atoms with Crippen LogP contribution in [0.25, 0.3) is 0 Å². The Balaban J connectivity index is 2.08. The van der Waals surface area contributed by atoms with Crippen molar-refractivity contribution in [3.05, 3.63) is 69.2 Å². The SMILES string of the molecule is CCc1ccc(/C(C)=N/NC(=O)c2ccc(Cl)c(Cl)c2)cc1. The van der Waals surface area contributed by atoms with E-state index in [1.54, 1.807) is 12.1 Å². The molecule has 0 radical (unpaired) electrons. The summed E-state index contributed by atoms with van der Waals surface area (Å²) in [6.45, 7) is 3.95. The zero-order valence-electron chi connectivity index (χ0n) is 12.4. The minimum atomic E-state index is -0.330. The number of carbonyl (C=O) groups excluding carboxylic acids is 1. The van der Waals surface area contributed by atoms with Crippen LogP contribution in [-0.2, 0) is 6.42 Å². The van der Waals surface area contributed by atoms with E-state index in [1.165, 1.54) is 11.6 Å². The number of hydrazone groups is 1.